The third-order valence-electron chi connectivity index (χ3n) is 6.03. The molecule has 2 aromatic carbocycles. The molecule has 0 aliphatic carbocycles. The van der Waals surface area contributed by atoms with E-state index in [4.69, 9.17) is 11.6 Å². The van der Waals surface area contributed by atoms with Gasteiger partial charge < -0.3 is 4.90 Å². The molecule has 1 N–H and O–H groups in total. The number of carbonyl (C=O) groups is 1. The maximum Gasteiger partial charge on any atom is 0.348 e. The number of amides is 1. The Balaban J connectivity index is 1.60. The Bertz CT molecular complexity index is 1170. The summed E-state index contributed by atoms with van der Waals surface area (Å²) in [5, 5.41) is 0.475. The second kappa shape index (κ2) is 9.25. The van der Waals surface area contributed by atoms with Crippen molar-refractivity contribution < 1.29 is 4.79 Å². The third-order valence-corrected chi connectivity index (χ3v) is 6.36. The molecule has 0 radical (unpaired) electrons. The topological polar surface area (TPSA) is 79.0 Å². The van der Waals surface area contributed by atoms with Crippen LogP contribution in [0, 0.1) is 5.41 Å². The number of nitrogens with zero attached hydrogens (tertiary/aromatic N) is 3. The fraction of sp³-hybridized carbons (Fsp3) is 0.360. The predicted octanol–water partition coefficient (Wildman–Crippen LogP) is 5.08. The van der Waals surface area contributed by atoms with Crippen LogP contribution in [-0.2, 0) is 11.3 Å². The first-order valence-corrected chi connectivity index (χ1v) is 11.5. The number of benzene rings is 2. The van der Waals surface area contributed by atoms with Crippen LogP contribution < -0.4 is 5.69 Å². The maximum atomic E-state index is 13.0. The summed E-state index contributed by atoms with van der Waals surface area (Å²) in [6, 6.07) is 14.9. The van der Waals surface area contributed by atoms with E-state index in [2.05, 4.69) is 28.8 Å². The van der Waals surface area contributed by atoms with E-state index in [-0.39, 0.29) is 11.3 Å². The number of aromatic nitrogens is 3. The molecule has 0 unspecified atom stereocenters. The fourth-order valence-corrected chi connectivity index (χ4v) is 4.84. The summed E-state index contributed by atoms with van der Waals surface area (Å²) in [6.07, 6.45) is 3.89. The molecule has 0 bridgehead atoms. The average Bonchev–Trinajstić information content (AvgIpc) is 2.80. The third kappa shape index (κ3) is 4.32. The molecule has 0 saturated carbocycles. The van der Waals surface area contributed by atoms with Gasteiger partial charge in [-0.05, 0) is 30.5 Å². The van der Waals surface area contributed by atoms with Crippen LogP contribution in [0.4, 0.5) is 0 Å². The van der Waals surface area contributed by atoms with E-state index in [9.17, 15) is 9.59 Å². The minimum absolute atomic E-state index is 0.193. The van der Waals surface area contributed by atoms with Crippen LogP contribution in [0.3, 0.4) is 0 Å². The molecule has 7 heteroatoms. The minimum Gasteiger partial charge on any atom is -0.337 e. The van der Waals surface area contributed by atoms with Gasteiger partial charge in [0.25, 0.3) is 0 Å². The first-order chi connectivity index (χ1) is 15.5. The van der Waals surface area contributed by atoms with Gasteiger partial charge in [0.05, 0.1) is 10.4 Å². The van der Waals surface area contributed by atoms with Crippen LogP contribution in [0.1, 0.15) is 45.1 Å². The van der Waals surface area contributed by atoms with Crippen LogP contribution in [0.25, 0.3) is 22.8 Å². The number of H-pyrrole nitrogens is 1. The van der Waals surface area contributed by atoms with Crippen molar-refractivity contribution in [2.24, 2.45) is 5.41 Å². The van der Waals surface area contributed by atoms with Gasteiger partial charge in [-0.25, -0.2) is 9.78 Å². The molecule has 1 aromatic heterocycles. The zero-order valence-corrected chi connectivity index (χ0v) is 19.2. The summed E-state index contributed by atoms with van der Waals surface area (Å²) < 4.78 is 0. The lowest BCUT2D eigenvalue weighted by Gasteiger charge is -2.49. The Hall–Kier alpha value is -2.99. The molecular formula is C25H27ClN4O2. The van der Waals surface area contributed by atoms with Crippen molar-refractivity contribution in [3.63, 3.8) is 0 Å². The van der Waals surface area contributed by atoms with E-state index >= 15 is 0 Å². The van der Waals surface area contributed by atoms with Crippen molar-refractivity contribution in [2.75, 3.05) is 6.54 Å². The highest BCUT2D eigenvalue weighted by Gasteiger charge is 2.49. The normalized spacial score (nSPS) is 15.0. The highest BCUT2D eigenvalue weighted by Crippen LogP contribution is 2.42. The van der Waals surface area contributed by atoms with Crippen LogP contribution in [-0.4, -0.2) is 32.3 Å². The number of hydrogen-bond donors (Lipinski definition) is 1. The Morgan fingerprint density at radius 1 is 1.03 bits per heavy atom. The molecule has 4 rings (SSSR count). The van der Waals surface area contributed by atoms with Crippen molar-refractivity contribution in [3.8, 4) is 22.8 Å². The molecule has 1 aliphatic rings. The monoisotopic (exact) mass is 450 g/mol. The second-order valence-electron chi connectivity index (χ2n) is 8.45. The molecule has 2 heterocycles. The Morgan fingerprint density at radius 3 is 2.41 bits per heavy atom. The lowest BCUT2D eigenvalue weighted by molar-refractivity contribution is -0.163. The summed E-state index contributed by atoms with van der Waals surface area (Å²) in [4.78, 5) is 38.3. The SMILES string of the molecule is CCCC1(CCC)CN(Cc2ccc(Cl)c(-c3nc(-c4ccccc4)nc(=O)[nH]3)c2)C1=O. The van der Waals surface area contributed by atoms with Crippen LogP contribution in [0.2, 0.25) is 5.02 Å². The fourth-order valence-electron chi connectivity index (χ4n) is 4.63. The van der Waals surface area contributed by atoms with Gasteiger partial charge in [0.15, 0.2) is 5.82 Å². The smallest absolute Gasteiger partial charge is 0.337 e. The van der Waals surface area contributed by atoms with Crippen molar-refractivity contribution in [1.82, 2.24) is 19.9 Å². The number of likely N-dealkylation sites (tertiary alicyclic amines) is 1. The van der Waals surface area contributed by atoms with Crippen LogP contribution in [0.5, 0.6) is 0 Å². The van der Waals surface area contributed by atoms with E-state index in [0.717, 1.165) is 43.4 Å². The van der Waals surface area contributed by atoms with Crippen LogP contribution in [0.15, 0.2) is 53.3 Å². The second-order valence-corrected chi connectivity index (χ2v) is 8.85. The number of aromatic amines is 1. The predicted molar refractivity (Wildman–Crippen MR) is 126 cm³/mol. The molecule has 3 aromatic rings. The number of nitrogens with one attached hydrogen (secondary N) is 1. The van der Waals surface area contributed by atoms with E-state index in [1.54, 1.807) is 6.07 Å². The number of rotatable bonds is 8. The van der Waals surface area contributed by atoms with E-state index in [1.807, 2.05) is 47.4 Å². The highest BCUT2D eigenvalue weighted by molar-refractivity contribution is 6.33. The van der Waals surface area contributed by atoms with Gasteiger partial charge in [-0.1, -0.05) is 74.7 Å². The lowest BCUT2D eigenvalue weighted by Crippen LogP contribution is -2.60. The summed E-state index contributed by atoms with van der Waals surface area (Å²) in [6.45, 7) is 5.56. The molecule has 166 valence electrons. The molecule has 32 heavy (non-hydrogen) atoms. The van der Waals surface area contributed by atoms with E-state index in [0.29, 0.717) is 28.8 Å². The zero-order chi connectivity index (χ0) is 22.7. The molecule has 1 aliphatic heterocycles. The van der Waals surface area contributed by atoms with Gasteiger partial charge in [0.1, 0.15) is 5.82 Å². The summed E-state index contributed by atoms with van der Waals surface area (Å²) >= 11 is 6.46. The summed E-state index contributed by atoms with van der Waals surface area (Å²) in [5.74, 6) is 0.934. The molecular weight excluding hydrogens is 424 g/mol. The van der Waals surface area contributed by atoms with Gasteiger partial charge in [0, 0.05) is 24.2 Å². The van der Waals surface area contributed by atoms with Crippen molar-refractivity contribution in [3.05, 3.63) is 69.6 Å². The van der Waals surface area contributed by atoms with Crippen molar-refractivity contribution >= 4 is 17.5 Å². The Kier molecular flexibility index (Phi) is 6.42. The van der Waals surface area contributed by atoms with Crippen molar-refractivity contribution in [2.45, 2.75) is 46.1 Å². The van der Waals surface area contributed by atoms with Gasteiger partial charge in [0.2, 0.25) is 5.91 Å². The van der Waals surface area contributed by atoms with Gasteiger partial charge >= 0.3 is 5.69 Å². The maximum absolute atomic E-state index is 13.0. The molecule has 1 fully saturated rings. The first-order valence-electron chi connectivity index (χ1n) is 11.1. The standard InChI is InChI=1S/C25H27ClN4O2/c1-3-12-25(13-4-2)16-30(23(25)31)15-17-10-11-20(26)19(14-17)22-27-21(28-24(32)29-22)18-8-6-5-7-9-18/h5-11,14H,3-4,12-13,15-16H2,1-2H3,(H,27,28,29,32). The first kappa shape index (κ1) is 22.2. The summed E-state index contributed by atoms with van der Waals surface area (Å²) in [5.41, 5.74) is 1.63. The molecule has 0 atom stereocenters. The average molecular weight is 451 g/mol. The number of β-lactam (4-membered cyclic amide) rings is 1. The highest BCUT2D eigenvalue weighted by atomic mass is 35.5. The van der Waals surface area contributed by atoms with E-state index < -0.39 is 5.69 Å². The van der Waals surface area contributed by atoms with Gasteiger partial charge in [-0.3, -0.25) is 9.78 Å². The molecule has 6 nitrogen and oxygen atoms in total. The molecule has 1 saturated heterocycles. The Labute approximate surface area is 192 Å². The number of carbonyl (C=O) groups excluding carboxylic acids is 1. The quantitative estimate of drug-likeness (QED) is 0.485. The largest absolute Gasteiger partial charge is 0.348 e. The van der Waals surface area contributed by atoms with Gasteiger partial charge in [-0.15, -0.1) is 0 Å². The number of halogens is 1. The number of hydrogen-bond acceptors (Lipinski definition) is 4. The van der Waals surface area contributed by atoms with Gasteiger partial charge in [-0.2, -0.15) is 4.98 Å². The Morgan fingerprint density at radius 2 is 1.75 bits per heavy atom. The molecule has 1 amide bonds. The van der Waals surface area contributed by atoms with Crippen molar-refractivity contribution in [1.29, 1.82) is 0 Å². The minimum atomic E-state index is -0.489. The lowest BCUT2D eigenvalue weighted by atomic mass is 9.71. The summed E-state index contributed by atoms with van der Waals surface area (Å²) in [7, 11) is 0. The molecule has 0 spiro atoms. The zero-order valence-electron chi connectivity index (χ0n) is 18.4. The van der Waals surface area contributed by atoms with Crippen LogP contribution >= 0.6 is 11.6 Å². The van der Waals surface area contributed by atoms with E-state index in [1.165, 1.54) is 0 Å².